The van der Waals surface area contributed by atoms with Crippen LogP contribution in [0.15, 0.2) is 11.4 Å². The van der Waals surface area contributed by atoms with Crippen LogP contribution >= 0.6 is 11.3 Å². The Kier molecular flexibility index (Phi) is 3.90. The molecule has 4 heterocycles. The maximum atomic E-state index is 12.7. The molecule has 2 aliphatic rings. The number of rotatable bonds is 3. The van der Waals surface area contributed by atoms with E-state index in [1.165, 1.54) is 10.4 Å². The van der Waals surface area contributed by atoms with Crippen molar-refractivity contribution in [2.75, 3.05) is 13.2 Å². The van der Waals surface area contributed by atoms with Gasteiger partial charge in [-0.2, -0.15) is 0 Å². The molecule has 0 N–H and O–H groups in total. The minimum Gasteiger partial charge on any atom is -0.373 e. The summed E-state index contributed by atoms with van der Waals surface area (Å²) in [5, 5.41) is 10.5. The zero-order chi connectivity index (χ0) is 15.8. The van der Waals surface area contributed by atoms with Crippen molar-refractivity contribution in [3.63, 3.8) is 0 Å². The summed E-state index contributed by atoms with van der Waals surface area (Å²) in [5.41, 5.74) is 1.20. The van der Waals surface area contributed by atoms with Gasteiger partial charge in [-0.1, -0.05) is 6.92 Å². The number of fused-ring (bicyclic) bond motifs is 2. The monoisotopic (exact) mass is 332 g/mol. The Balaban J connectivity index is 1.45. The highest BCUT2D eigenvalue weighted by Crippen LogP contribution is 2.33. The maximum Gasteiger partial charge on any atom is 0.226 e. The topological polar surface area (TPSA) is 60.2 Å². The highest BCUT2D eigenvalue weighted by atomic mass is 32.1. The lowest BCUT2D eigenvalue weighted by Gasteiger charge is -2.30. The van der Waals surface area contributed by atoms with Gasteiger partial charge >= 0.3 is 0 Å². The highest BCUT2D eigenvalue weighted by molar-refractivity contribution is 7.10. The lowest BCUT2D eigenvalue weighted by atomic mass is 10.0. The predicted molar refractivity (Wildman–Crippen MR) is 86.2 cm³/mol. The van der Waals surface area contributed by atoms with E-state index in [-0.39, 0.29) is 12.0 Å². The molecule has 7 heteroatoms. The third kappa shape index (κ3) is 2.68. The summed E-state index contributed by atoms with van der Waals surface area (Å²) in [6.07, 6.45) is 2.16. The first-order chi connectivity index (χ1) is 11.3. The summed E-state index contributed by atoms with van der Waals surface area (Å²) >= 11 is 1.76. The number of nitrogens with zero attached hydrogens (tertiary/aromatic N) is 4. The Morgan fingerprint density at radius 3 is 3.22 bits per heavy atom. The summed E-state index contributed by atoms with van der Waals surface area (Å²) in [7, 11) is 0. The van der Waals surface area contributed by atoms with Gasteiger partial charge < -0.3 is 14.2 Å². The Morgan fingerprint density at radius 1 is 1.43 bits per heavy atom. The molecule has 122 valence electrons. The number of hydrogen-bond acceptors (Lipinski definition) is 5. The van der Waals surface area contributed by atoms with Crippen molar-refractivity contribution in [1.82, 2.24) is 19.7 Å². The van der Waals surface area contributed by atoms with E-state index in [0.29, 0.717) is 19.6 Å². The second-order valence-electron chi connectivity index (χ2n) is 5.97. The third-order valence-electron chi connectivity index (χ3n) is 4.63. The zero-order valence-corrected chi connectivity index (χ0v) is 14.0. The number of carbonyl (C=O) groups excluding carboxylic acids is 1. The Labute approximate surface area is 139 Å². The molecule has 0 spiro atoms. The molecule has 0 saturated carbocycles. The molecule has 4 rings (SSSR count). The largest absolute Gasteiger partial charge is 0.373 e. The number of hydrogen-bond donors (Lipinski definition) is 0. The molecule has 2 aromatic heterocycles. The van der Waals surface area contributed by atoms with E-state index in [9.17, 15) is 4.79 Å². The quantitative estimate of drug-likeness (QED) is 0.862. The van der Waals surface area contributed by atoms with Crippen LogP contribution in [0.25, 0.3) is 0 Å². The summed E-state index contributed by atoms with van der Waals surface area (Å²) in [4.78, 5) is 15.9. The van der Waals surface area contributed by atoms with Gasteiger partial charge in [-0.3, -0.25) is 4.79 Å². The van der Waals surface area contributed by atoms with Crippen LogP contribution in [0, 0.1) is 0 Å². The maximum absolute atomic E-state index is 12.7. The van der Waals surface area contributed by atoms with Gasteiger partial charge in [0, 0.05) is 30.8 Å². The van der Waals surface area contributed by atoms with E-state index in [1.54, 1.807) is 11.3 Å². The van der Waals surface area contributed by atoms with Crippen LogP contribution in [-0.2, 0) is 35.5 Å². The third-order valence-corrected chi connectivity index (χ3v) is 5.63. The number of aromatic nitrogens is 3. The summed E-state index contributed by atoms with van der Waals surface area (Å²) < 4.78 is 7.98. The molecule has 0 fully saturated rings. The van der Waals surface area contributed by atoms with E-state index < -0.39 is 0 Å². The number of aryl methyl sites for hydroxylation is 1. The minimum atomic E-state index is -0.0940. The van der Waals surface area contributed by atoms with Gasteiger partial charge in [0.1, 0.15) is 5.82 Å². The molecule has 0 bridgehead atoms. The summed E-state index contributed by atoms with van der Waals surface area (Å²) in [6.45, 7) is 4.84. The van der Waals surface area contributed by atoms with Crippen molar-refractivity contribution in [2.24, 2.45) is 0 Å². The molecule has 6 nitrogen and oxygen atoms in total. The zero-order valence-electron chi connectivity index (χ0n) is 13.2. The van der Waals surface area contributed by atoms with E-state index in [0.717, 1.165) is 37.6 Å². The lowest BCUT2D eigenvalue weighted by molar-refractivity contribution is -0.136. The summed E-state index contributed by atoms with van der Waals surface area (Å²) in [5.74, 6) is 2.04. The van der Waals surface area contributed by atoms with Crippen molar-refractivity contribution in [3.05, 3.63) is 33.5 Å². The molecule has 0 aliphatic carbocycles. The van der Waals surface area contributed by atoms with Crippen LogP contribution in [-0.4, -0.2) is 38.7 Å². The van der Waals surface area contributed by atoms with Gasteiger partial charge in [0.15, 0.2) is 5.82 Å². The summed E-state index contributed by atoms with van der Waals surface area (Å²) in [6, 6.07) is 2.09. The molecule has 0 unspecified atom stereocenters. The fourth-order valence-electron chi connectivity index (χ4n) is 3.37. The van der Waals surface area contributed by atoms with Crippen LogP contribution in [0.4, 0.5) is 0 Å². The molecular formula is C16H20N4O2S. The molecule has 1 atom stereocenters. The minimum absolute atomic E-state index is 0.0940. The average Bonchev–Trinajstić information content (AvgIpc) is 3.21. The van der Waals surface area contributed by atoms with E-state index >= 15 is 0 Å². The van der Waals surface area contributed by atoms with Crippen molar-refractivity contribution in [2.45, 2.75) is 45.4 Å². The van der Waals surface area contributed by atoms with Crippen LogP contribution in [0.1, 0.15) is 41.5 Å². The smallest absolute Gasteiger partial charge is 0.226 e. The molecule has 1 amide bonds. The van der Waals surface area contributed by atoms with Crippen molar-refractivity contribution < 1.29 is 9.53 Å². The van der Waals surface area contributed by atoms with Crippen LogP contribution in [0.3, 0.4) is 0 Å². The van der Waals surface area contributed by atoms with Crippen LogP contribution in [0.2, 0.25) is 0 Å². The molecule has 2 aromatic rings. The van der Waals surface area contributed by atoms with Crippen LogP contribution < -0.4 is 0 Å². The van der Waals surface area contributed by atoms with Crippen molar-refractivity contribution in [3.8, 4) is 0 Å². The van der Waals surface area contributed by atoms with E-state index in [2.05, 4.69) is 33.1 Å². The van der Waals surface area contributed by atoms with E-state index in [1.807, 2.05) is 4.90 Å². The molecule has 23 heavy (non-hydrogen) atoms. The highest BCUT2D eigenvalue weighted by Gasteiger charge is 2.29. The molecule has 0 radical (unpaired) electrons. The van der Waals surface area contributed by atoms with Gasteiger partial charge in [-0.05, 0) is 17.0 Å². The SMILES string of the molecule is CCc1nnc2n1CCN(C(=O)C[C@@H]1OCCc3sccc31)C2. The first-order valence-corrected chi connectivity index (χ1v) is 9.00. The number of carbonyl (C=O) groups is 1. The van der Waals surface area contributed by atoms with Gasteiger partial charge in [-0.25, -0.2) is 0 Å². The number of ether oxygens (including phenoxy) is 1. The van der Waals surface area contributed by atoms with E-state index in [4.69, 9.17) is 4.74 Å². The van der Waals surface area contributed by atoms with Gasteiger partial charge in [-0.15, -0.1) is 21.5 Å². The predicted octanol–water partition coefficient (Wildman–Crippen LogP) is 1.95. The first kappa shape index (κ1) is 14.8. The number of thiophene rings is 1. The van der Waals surface area contributed by atoms with Gasteiger partial charge in [0.2, 0.25) is 5.91 Å². The Bertz CT molecular complexity index is 723. The van der Waals surface area contributed by atoms with Gasteiger partial charge in [0.05, 0.1) is 25.7 Å². The van der Waals surface area contributed by atoms with Crippen molar-refractivity contribution >= 4 is 17.2 Å². The Hall–Kier alpha value is -1.73. The molecule has 2 aliphatic heterocycles. The van der Waals surface area contributed by atoms with Crippen molar-refractivity contribution in [1.29, 1.82) is 0 Å². The molecule has 0 saturated heterocycles. The number of amides is 1. The van der Waals surface area contributed by atoms with Crippen LogP contribution in [0.5, 0.6) is 0 Å². The second-order valence-corrected chi connectivity index (χ2v) is 6.97. The fraction of sp³-hybridized carbons (Fsp3) is 0.562. The lowest BCUT2D eigenvalue weighted by Crippen LogP contribution is -2.39. The normalized spacial score (nSPS) is 20.2. The molecular weight excluding hydrogens is 312 g/mol. The Morgan fingerprint density at radius 2 is 2.35 bits per heavy atom. The fourth-order valence-corrected chi connectivity index (χ4v) is 4.29. The average molecular weight is 332 g/mol. The standard InChI is InChI=1S/C16H20N4O2S/c1-2-14-17-18-15-10-19(5-6-20(14)15)16(21)9-12-11-4-8-23-13(11)3-7-22-12/h4,8,12H,2-3,5-7,9-10H2,1H3/t12-/m0/s1. The molecule has 0 aromatic carbocycles. The van der Waals surface area contributed by atoms with Gasteiger partial charge in [0.25, 0.3) is 0 Å². The second kappa shape index (κ2) is 6.05. The first-order valence-electron chi connectivity index (χ1n) is 8.13.